The van der Waals surface area contributed by atoms with Crippen LogP contribution in [0.1, 0.15) is 24.0 Å². The molecule has 1 aliphatic carbocycles. The lowest BCUT2D eigenvalue weighted by molar-refractivity contribution is -0.137. The quantitative estimate of drug-likeness (QED) is 0.919. The molecule has 6 heteroatoms. The van der Waals surface area contributed by atoms with E-state index < -0.39 is 17.8 Å². The topological polar surface area (TPSA) is 38.3 Å². The van der Waals surface area contributed by atoms with Crippen LogP contribution in [0.5, 0.6) is 0 Å². The van der Waals surface area contributed by atoms with Gasteiger partial charge in [0, 0.05) is 12.0 Å². The van der Waals surface area contributed by atoms with Crippen LogP contribution in [0.15, 0.2) is 24.3 Å². The van der Waals surface area contributed by atoms with Gasteiger partial charge >= 0.3 is 12.3 Å². The molecular weight excluding hydrogens is 259 g/mol. The van der Waals surface area contributed by atoms with Crippen molar-refractivity contribution in [2.75, 3.05) is 13.7 Å². The molecule has 0 aliphatic heterocycles. The van der Waals surface area contributed by atoms with Gasteiger partial charge in [-0.25, -0.2) is 4.79 Å². The Bertz CT molecular complexity index is 464. The van der Waals surface area contributed by atoms with Crippen LogP contribution in [0.2, 0.25) is 0 Å². The molecule has 104 valence electrons. The van der Waals surface area contributed by atoms with Crippen LogP contribution in [0.25, 0.3) is 0 Å². The van der Waals surface area contributed by atoms with Crippen molar-refractivity contribution >= 4 is 6.09 Å². The van der Waals surface area contributed by atoms with Crippen LogP contribution in [-0.2, 0) is 16.3 Å². The molecule has 1 saturated carbocycles. The molecule has 0 bridgehead atoms. The predicted octanol–water partition coefficient (Wildman–Crippen LogP) is 3.09. The Morgan fingerprint density at radius 1 is 1.32 bits per heavy atom. The van der Waals surface area contributed by atoms with Crippen LogP contribution in [-0.4, -0.2) is 19.7 Å². The first-order chi connectivity index (χ1) is 8.87. The van der Waals surface area contributed by atoms with E-state index >= 15 is 0 Å². The zero-order valence-electron chi connectivity index (χ0n) is 10.4. The van der Waals surface area contributed by atoms with E-state index in [0.717, 1.165) is 30.5 Å². The summed E-state index contributed by atoms with van der Waals surface area (Å²) in [7, 11) is 1.27. The van der Waals surface area contributed by atoms with Gasteiger partial charge in [0.25, 0.3) is 0 Å². The molecule has 0 spiro atoms. The molecule has 0 aromatic heterocycles. The Balaban J connectivity index is 2.07. The molecule has 1 amide bonds. The third-order valence-electron chi connectivity index (χ3n) is 3.43. The van der Waals surface area contributed by atoms with E-state index in [1.165, 1.54) is 19.2 Å². The molecule has 0 heterocycles. The maximum atomic E-state index is 12.5. The van der Waals surface area contributed by atoms with Crippen molar-refractivity contribution in [1.29, 1.82) is 0 Å². The van der Waals surface area contributed by atoms with E-state index in [9.17, 15) is 18.0 Å². The van der Waals surface area contributed by atoms with Gasteiger partial charge in [-0.05, 0) is 30.5 Å². The fourth-order valence-electron chi connectivity index (χ4n) is 2.04. The number of methoxy groups -OCH3 is 1. The second-order valence-corrected chi connectivity index (χ2v) is 4.70. The molecule has 19 heavy (non-hydrogen) atoms. The molecule has 2 rings (SSSR count). The molecule has 1 aromatic rings. The fourth-order valence-corrected chi connectivity index (χ4v) is 2.04. The van der Waals surface area contributed by atoms with E-state index in [1.807, 2.05) is 0 Å². The van der Waals surface area contributed by atoms with Gasteiger partial charge in [0.15, 0.2) is 0 Å². The lowest BCUT2D eigenvalue weighted by Crippen LogP contribution is -2.32. The number of benzene rings is 1. The van der Waals surface area contributed by atoms with Crippen molar-refractivity contribution < 1.29 is 22.7 Å². The van der Waals surface area contributed by atoms with Gasteiger partial charge < -0.3 is 10.1 Å². The summed E-state index contributed by atoms with van der Waals surface area (Å²) < 4.78 is 41.8. The van der Waals surface area contributed by atoms with Crippen LogP contribution < -0.4 is 5.32 Å². The number of nitrogens with one attached hydrogen (secondary N) is 1. The molecule has 0 atom stereocenters. The van der Waals surface area contributed by atoms with E-state index in [2.05, 4.69) is 10.1 Å². The number of carbonyl (C=O) groups is 1. The maximum Gasteiger partial charge on any atom is 0.416 e. The smallest absolute Gasteiger partial charge is 0.416 e. The van der Waals surface area contributed by atoms with E-state index in [0.29, 0.717) is 6.54 Å². The highest BCUT2D eigenvalue weighted by Gasteiger charge is 2.44. The molecule has 3 nitrogen and oxygen atoms in total. The van der Waals surface area contributed by atoms with Crippen molar-refractivity contribution in [2.45, 2.75) is 24.4 Å². The van der Waals surface area contributed by atoms with Crippen LogP contribution in [0.3, 0.4) is 0 Å². The SMILES string of the molecule is COC(=O)NCC1(c2ccc(C(F)(F)F)cc2)CC1. The fraction of sp³-hybridized carbons (Fsp3) is 0.462. The van der Waals surface area contributed by atoms with Gasteiger partial charge in [0.2, 0.25) is 0 Å². The number of hydrogen-bond donors (Lipinski definition) is 1. The molecule has 0 saturated heterocycles. The van der Waals surface area contributed by atoms with E-state index in [1.54, 1.807) is 0 Å². The monoisotopic (exact) mass is 273 g/mol. The summed E-state index contributed by atoms with van der Waals surface area (Å²) in [5.41, 5.74) is -0.0805. The second kappa shape index (κ2) is 4.75. The summed E-state index contributed by atoms with van der Waals surface area (Å²) in [6.07, 6.45) is -3.15. The Labute approximate surface area is 108 Å². The summed E-state index contributed by atoms with van der Waals surface area (Å²) in [5, 5.41) is 2.60. The van der Waals surface area contributed by atoms with Crippen LogP contribution in [0, 0.1) is 0 Å². The van der Waals surface area contributed by atoms with Crippen molar-refractivity contribution in [3.05, 3.63) is 35.4 Å². The molecule has 1 N–H and O–H groups in total. The first-order valence-electron chi connectivity index (χ1n) is 5.87. The maximum absolute atomic E-state index is 12.5. The standard InChI is InChI=1S/C13H14F3NO2/c1-19-11(18)17-8-12(6-7-12)9-2-4-10(5-3-9)13(14,15)16/h2-5H,6-8H2,1H3,(H,17,18). The zero-order chi connectivity index (χ0) is 14.1. The number of carbonyl (C=O) groups excluding carboxylic acids is 1. The van der Waals surface area contributed by atoms with Gasteiger partial charge in [0.1, 0.15) is 0 Å². The molecule has 1 aromatic carbocycles. The van der Waals surface area contributed by atoms with Gasteiger partial charge in [-0.1, -0.05) is 12.1 Å². The summed E-state index contributed by atoms with van der Waals surface area (Å²) in [6, 6.07) is 5.12. The highest BCUT2D eigenvalue weighted by atomic mass is 19.4. The van der Waals surface area contributed by atoms with Crippen LogP contribution >= 0.6 is 0 Å². The van der Waals surface area contributed by atoms with E-state index in [-0.39, 0.29) is 5.41 Å². The molecule has 0 radical (unpaired) electrons. The first-order valence-corrected chi connectivity index (χ1v) is 5.87. The summed E-state index contributed by atoms with van der Waals surface area (Å²) in [5.74, 6) is 0. The van der Waals surface area contributed by atoms with Crippen molar-refractivity contribution in [1.82, 2.24) is 5.32 Å². The van der Waals surface area contributed by atoms with Gasteiger partial charge in [-0.15, -0.1) is 0 Å². The lowest BCUT2D eigenvalue weighted by Gasteiger charge is -2.17. The summed E-state index contributed by atoms with van der Waals surface area (Å²) in [4.78, 5) is 11.0. The molecular formula is C13H14F3NO2. The van der Waals surface area contributed by atoms with Crippen molar-refractivity contribution in [2.24, 2.45) is 0 Å². The average Bonchev–Trinajstić information content (AvgIpc) is 3.16. The third-order valence-corrected chi connectivity index (χ3v) is 3.43. The average molecular weight is 273 g/mol. The number of hydrogen-bond acceptors (Lipinski definition) is 2. The minimum Gasteiger partial charge on any atom is -0.453 e. The van der Waals surface area contributed by atoms with Crippen molar-refractivity contribution in [3.8, 4) is 0 Å². The first kappa shape index (κ1) is 13.7. The molecule has 1 fully saturated rings. The Hall–Kier alpha value is -1.72. The molecule has 1 aliphatic rings. The number of halogens is 3. The van der Waals surface area contributed by atoms with Gasteiger partial charge in [-0.3, -0.25) is 0 Å². The lowest BCUT2D eigenvalue weighted by atomic mass is 9.95. The molecule has 0 unspecified atom stereocenters. The summed E-state index contributed by atoms with van der Waals surface area (Å²) >= 11 is 0. The minimum absolute atomic E-state index is 0.238. The summed E-state index contributed by atoms with van der Waals surface area (Å²) in [6.45, 7) is 0.380. The van der Waals surface area contributed by atoms with Gasteiger partial charge in [-0.2, -0.15) is 13.2 Å². The van der Waals surface area contributed by atoms with Crippen LogP contribution in [0.4, 0.5) is 18.0 Å². The number of alkyl carbamates (subject to hydrolysis) is 1. The number of alkyl halides is 3. The highest BCUT2D eigenvalue weighted by Crippen LogP contribution is 2.48. The second-order valence-electron chi connectivity index (χ2n) is 4.70. The highest BCUT2D eigenvalue weighted by molar-refractivity contribution is 5.67. The largest absolute Gasteiger partial charge is 0.453 e. The number of ether oxygens (including phenoxy) is 1. The number of rotatable bonds is 3. The minimum atomic E-state index is -4.32. The Morgan fingerprint density at radius 3 is 2.32 bits per heavy atom. The van der Waals surface area contributed by atoms with E-state index in [4.69, 9.17) is 0 Å². The van der Waals surface area contributed by atoms with Gasteiger partial charge in [0.05, 0.1) is 12.7 Å². The Morgan fingerprint density at radius 2 is 1.89 bits per heavy atom. The third kappa shape index (κ3) is 3.00. The van der Waals surface area contributed by atoms with Crippen molar-refractivity contribution in [3.63, 3.8) is 0 Å². The Kier molecular flexibility index (Phi) is 3.43. The predicted molar refractivity (Wildman–Crippen MR) is 62.8 cm³/mol. The normalized spacial score (nSPS) is 16.8. The zero-order valence-corrected chi connectivity index (χ0v) is 10.4. The number of amides is 1.